The summed E-state index contributed by atoms with van der Waals surface area (Å²) in [6, 6.07) is 12.2. The third-order valence-corrected chi connectivity index (χ3v) is 3.55. The van der Waals surface area contributed by atoms with E-state index < -0.39 is 23.9 Å². The van der Waals surface area contributed by atoms with Gasteiger partial charge in [0.05, 0.1) is 0 Å². The first-order chi connectivity index (χ1) is 11.5. The van der Waals surface area contributed by atoms with E-state index in [1.807, 2.05) is 0 Å². The van der Waals surface area contributed by atoms with Crippen LogP contribution < -0.4 is 15.4 Å². The molecule has 0 aliphatic rings. The summed E-state index contributed by atoms with van der Waals surface area (Å²) in [6.45, 7) is 2.10. The Balaban J connectivity index is 2.26. The van der Waals surface area contributed by atoms with Crippen molar-refractivity contribution in [2.24, 2.45) is 0 Å². The van der Waals surface area contributed by atoms with Crippen molar-refractivity contribution in [1.82, 2.24) is 10.6 Å². The van der Waals surface area contributed by atoms with Crippen LogP contribution >= 0.6 is 15.9 Å². The van der Waals surface area contributed by atoms with Gasteiger partial charge in [-0.25, -0.2) is 9.18 Å². The van der Waals surface area contributed by atoms with Crippen LogP contribution in [0.25, 0.3) is 0 Å². The quantitative estimate of drug-likeness (QED) is 0.814. The van der Waals surface area contributed by atoms with E-state index in [-0.39, 0.29) is 5.75 Å². The lowest BCUT2D eigenvalue weighted by molar-refractivity contribution is -0.127. The summed E-state index contributed by atoms with van der Waals surface area (Å²) in [4.78, 5) is 24.0. The molecule has 2 N–H and O–H groups in total. The Bertz CT molecular complexity index is 725. The molecular weight excluding hydrogens is 379 g/mol. The van der Waals surface area contributed by atoms with E-state index in [0.29, 0.717) is 16.6 Å². The molecule has 1 atom stereocenters. The molecular formula is C17H16BrFN2O3. The van der Waals surface area contributed by atoms with Gasteiger partial charge in [0.2, 0.25) is 6.10 Å². The largest absolute Gasteiger partial charge is 0.473 e. The molecule has 126 valence electrons. The zero-order chi connectivity index (χ0) is 17.5. The van der Waals surface area contributed by atoms with Gasteiger partial charge in [-0.05, 0) is 25.1 Å². The average Bonchev–Trinajstić information content (AvgIpc) is 2.55. The number of amides is 3. The lowest BCUT2D eigenvalue weighted by atomic mass is 10.1. The number of ether oxygens (including phenoxy) is 1. The van der Waals surface area contributed by atoms with Crippen LogP contribution in [0.1, 0.15) is 18.6 Å². The van der Waals surface area contributed by atoms with Crippen LogP contribution in [-0.2, 0) is 4.79 Å². The Labute approximate surface area is 147 Å². The highest BCUT2D eigenvalue weighted by Crippen LogP contribution is 2.27. The second kappa shape index (κ2) is 8.44. The second-order valence-corrected chi connectivity index (χ2v) is 5.75. The Morgan fingerprint density at radius 3 is 2.54 bits per heavy atom. The zero-order valence-electron chi connectivity index (χ0n) is 12.9. The van der Waals surface area contributed by atoms with Crippen LogP contribution in [0.4, 0.5) is 9.18 Å². The minimum Gasteiger partial charge on any atom is -0.473 e. The van der Waals surface area contributed by atoms with E-state index in [1.165, 1.54) is 12.1 Å². The smallest absolute Gasteiger partial charge is 0.321 e. The van der Waals surface area contributed by atoms with E-state index in [2.05, 4.69) is 26.6 Å². The topological polar surface area (TPSA) is 67.4 Å². The Morgan fingerprint density at radius 2 is 1.92 bits per heavy atom. The fourth-order valence-corrected chi connectivity index (χ4v) is 2.31. The summed E-state index contributed by atoms with van der Waals surface area (Å²) >= 11 is 3.16. The van der Waals surface area contributed by atoms with E-state index in [9.17, 15) is 14.0 Å². The number of hydrogen-bond donors (Lipinski definition) is 2. The molecule has 2 aromatic carbocycles. The Hall–Kier alpha value is -2.41. The number of benzene rings is 2. The number of urea groups is 1. The summed E-state index contributed by atoms with van der Waals surface area (Å²) in [7, 11) is 0. The van der Waals surface area contributed by atoms with Gasteiger partial charge in [-0.2, -0.15) is 0 Å². The fourth-order valence-electron chi connectivity index (χ4n) is 1.98. The number of nitrogens with one attached hydrogen (secondary N) is 2. The summed E-state index contributed by atoms with van der Waals surface area (Å²) in [5.74, 6) is -1.39. The van der Waals surface area contributed by atoms with Gasteiger partial charge >= 0.3 is 6.03 Å². The van der Waals surface area contributed by atoms with Gasteiger partial charge in [-0.3, -0.25) is 10.1 Å². The van der Waals surface area contributed by atoms with E-state index >= 15 is 0 Å². The highest BCUT2D eigenvalue weighted by molar-refractivity contribution is 9.10. The SMILES string of the molecule is CCNC(=O)NC(=O)[C@@H](Oc1ccc(Br)cc1F)c1ccccc1. The maximum absolute atomic E-state index is 14.0. The van der Waals surface area contributed by atoms with Crippen LogP contribution in [0.5, 0.6) is 5.75 Å². The van der Waals surface area contributed by atoms with Crippen molar-refractivity contribution in [1.29, 1.82) is 0 Å². The highest BCUT2D eigenvalue weighted by atomic mass is 79.9. The first-order valence-corrected chi connectivity index (χ1v) is 8.06. The number of carbonyl (C=O) groups excluding carboxylic acids is 2. The number of carbonyl (C=O) groups is 2. The maximum Gasteiger partial charge on any atom is 0.321 e. The molecule has 3 amide bonds. The van der Waals surface area contributed by atoms with E-state index in [0.717, 1.165) is 0 Å². The molecule has 2 aromatic rings. The molecule has 2 rings (SSSR count). The Kier molecular flexibility index (Phi) is 6.31. The van der Waals surface area contributed by atoms with Crippen LogP contribution in [0.2, 0.25) is 0 Å². The van der Waals surface area contributed by atoms with Crippen molar-refractivity contribution < 1.29 is 18.7 Å². The first-order valence-electron chi connectivity index (χ1n) is 7.26. The fraction of sp³-hybridized carbons (Fsp3) is 0.176. The van der Waals surface area contributed by atoms with Crippen LogP contribution in [-0.4, -0.2) is 18.5 Å². The molecule has 5 nitrogen and oxygen atoms in total. The number of rotatable bonds is 5. The van der Waals surface area contributed by atoms with Gasteiger partial charge < -0.3 is 10.1 Å². The van der Waals surface area contributed by atoms with Crippen LogP contribution in [0, 0.1) is 5.82 Å². The van der Waals surface area contributed by atoms with Gasteiger partial charge in [0.15, 0.2) is 11.6 Å². The molecule has 0 saturated carbocycles. The number of halogens is 2. The van der Waals surface area contributed by atoms with Crippen molar-refractivity contribution in [2.75, 3.05) is 6.54 Å². The lowest BCUT2D eigenvalue weighted by Crippen LogP contribution is -2.42. The predicted molar refractivity (Wildman–Crippen MR) is 91.1 cm³/mol. The van der Waals surface area contributed by atoms with Crippen molar-refractivity contribution >= 4 is 27.9 Å². The average molecular weight is 395 g/mol. The normalized spacial score (nSPS) is 11.5. The minimum absolute atomic E-state index is 0.0851. The van der Waals surface area contributed by atoms with Gasteiger partial charge in [0.1, 0.15) is 0 Å². The van der Waals surface area contributed by atoms with Gasteiger partial charge in [-0.1, -0.05) is 46.3 Å². The van der Waals surface area contributed by atoms with Crippen molar-refractivity contribution in [3.05, 3.63) is 64.4 Å². The highest BCUT2D eigenvalue weighted by Gasteiger charge is 2.25. The second-order valence-electron chi connectivity index (χ2n) is 4.83. The van der Waals surface area contributed by atoms with Crippen molar-refractivity contribution in [3.63, 3.8) is 0 Å². The summed E-state index contributed by atoms with van der Waals surface area (Å²) < 4.78 is 20.1. The van der Waals surface area contributed by atoms with Crippen molar-refractivity contribution in [3.8, 4) is 5.75 Å². The molecule has 0 heterocycles. The maximum atomic E-state index is 14.0. The molecule has 0 aliphatic carbocycles. The third kappa shape index (κ3) is 4.79. The summed E-state index contributed by atoms with van der Waals surface area (Å²) in [5.41, 5.74) is 0.501. The van der Waals surface area contributed by atoms with Gasteiger partial charge in [0, 0.05) is 16.6 Å². The molecule has 0 fully saturated rings. The molecule has 0 unspecified atom stereocenters. The van der Waals surface area contributed by atoms with Crippen LogP contribution in [0.3, 0.4) is 0 Å². The minimum atomic E-state index is -1.16. The standard InChI is InChI=1S/C17H16BrFN2O3/c1-2-20-17(23)21-16(22)15(11-6-4-3-5-7-11)24-14-9-8-12(18)10-13(14)19/h3-10,15H,2H2,1H3,(H2,20,21,22,23)/t15-/m0/s1. The predicted octanol–water partition coefficient (Wildman–Crippen LogP) is 3.55. The molecule has 0 bridgehead atoms. The lowest BCUT2D eigenvalue weighted by Gasteiger charge is -2.19. The van der Waals surface area contributed by atoms with E-state index in [1.54, 1.807) is 43.3 Å². The van der Waals surface area contributed by atoms with E-state index in [4.69, 9.17) is 4.74 Å². The molecule has 0 saturated heterocycles. The monoisotopic (exact) mass is 394 g/mol. The molecule has 0 aromatic heterocycles. The molecule has 0 radical (unpaired) electrons. The molecule has 24 heavy (non-hydrogen) atoms. The zero-order valence-corrected chi connectivity index (χ0v) is 14.5. The third-order valence-electron chi connectivity index (χ3n) is 3.05. The first kappa shape index (κ1) is 17.9. The van der Waals surface area contributed by atoms with Gasteiger partial charge in [-0.15, -0.1) is 0 Å². The molecule has 0 aliphatic heterocycles. The number of imide groups is 1. The molecule has 7 heteroatoms. The van der Waals surface area contributed by atoms with Gasteiger partial charge in [0.25, 0.3) is 5.91 Å². The molecule has 0 spiro atoms. The van der Waals surface area contributed by atoms with Crippen molar-refractivity contribution in [2.45, 2.75) is 13.0 Å². The Morgan fingerprint density at radius 1 is 1.21 bits per heavy atom. The summed E-state index contributed by atoms with van der Waals surface area (Å²) in [5, 5.41) is 4.64. The summed E-state index contributed by atoms with van der Waals surface area (Å²) in [6.07, 6.45) is -1.16. The van der Waals surface area contributed by atoms with Crippen LogP contribution in [0.15, 0.2) is 53.0 Å². The number of hydrogen-bond acceptors (Lipinski definition) is 3.